The number of aromatic nitrogens is 1. The van der Waals surface area contributed by atoms with E-state index in [9.17, 15) is 22.8 Å². The number of carbonyl (C=O) groups excluding carboxylic acids is 2. The third kappa shape index (κ3) is 6.32. The normalized spacial score (nSPS) is 11.6. The number of ketones is 2. The standard InChI is InChI=1S/C26H26F3NO3S/c1-15(2)24-23(34-25(30-24)18-5-7-19(8-6-18)26(27,28)29)12-11-22(32)21-10-9-20(13-16(21)3)33-14-17(4)31/h5-10,13,15H,11-12,14H2,1-4H3. The second-order valence-electron chi connectivity index (χ2n) is 8.45. The van der Waals surface area contributed by atoms with Crippen molar-refractivity contribution < 1.29 is 27.5 Å². The molecule has 0 N–H and O–H groups in total. The number of hydrogen-bond donors (Lipinski definition) is 0. The van der Waals surface area contributed by atoms with Crippen molar-refractivity contribution in [2.45, 2.75) is 52.6 Å². The number of Topliss-reactive ketones (excluding diaryl/α,β-unsaturated/α-hetero) is 2. The Morgan fingerprint density at radius 3 is 2.32 bits per heavy atom. The molecule has 0 aliphatic heterocycles. The zero-order chi connectivity index (χ0) is 25.0. The Balaban J connectivity index is 1.75. The lowest BCUT2D eigenvalue weighted by molar-refractivity contribution is -0.137. The minimum atomic E-state index is -4.38. The molecule has 0 aliphatic rings. The Bertz CT molecular complexity index is 1180. The van der Waals surface area contributed by atoms with Crippen molar-refractivity contribution in [2.75, 3.05) is 6.61 Å². The summed E-state index contributed by atoms with van der Waals surface area (Å²) in [6.45, 7) is 7.25. The molecule has 0 radical (unpaired) electrons. The molecule has 3 aromatic rings. The summed E-state index contributed by atoms with van der Waals surface area (Å²) in [6, 6.07) is 10.1. The van der Waals surface area contributed by atoms with Gasteiger partial charge in [-0.2, -0.15) is 13.2 Å². The molecule has 8 heteroatoms. The number of aryl methyl sites for hydroxylation is 2. The molecule has 180 valence electrons. The van der Waals surface area contributed by atoms with Crippen molar-refractivity contribution >= 4 is 22.9 Å². The van der Waals surface area contributed by atoms with Crippen LogP contribution in [-0.4, -0.2) is 23.2 Å². The van der Waals surface area contributed by atoms with E-state index in [1.807, 2.05) is 20.8 Å². The van der Waals surface area contributed by atoms with Crippen LogP contribution in [0.3, 0.4) is 0 Å². The van der Waals surface area contributed by atoms with Crippen LogP contribution in [0.15, 0.2) is 42.5 Å². The van der Waals surface area contributed by atoms with Gasteiger partial charge in [-0.15, -0.1) is 11.3 Å². The number of carbonyl (C=O) groups is 2. The van der Waals surface area contributed by atoms with E-state index in [4.69, 9.17) is 4.74 Å². The van der Waals surface area contributed by atoms with Crippen LogP contribution in [0.25, 0.3) is 10.6 Å². The number of benzene rings is 2. The summed E-state index contributed by atoms with van der Waals surface area (Å²) in [5.41, 5.74) is 2.14. The van der Waals surface area contributed by atoms with Crippen LogP contribution in [0.1, 0.15) is 65.2 Å². The molecule has 0 atom stereocenters. The number of hydrogen-bond acceptors (Lipinski definition) is 5. The van der Waals surface area contributed by atoms with Crippen LogP contribution in [0.2, 0.25) is 0 Å². The van der Waals surface area contributed by atoms with Crippen LogP contribution in [-0.2, 0) is 17.4 Å². The molecule has 0 unspecified atom stereocenters. The highest BCUT2D eigenvalue weighted by Crippen LogP contribution is 2.35. The third-order valence-corrected chi connectivity index (χ3v) is 6.43. The number of halogens is 3. The monoisotopic (exact) mass is 489 g/mol. The van der Waals surface area contributed by atoms with Gasteiger partial charge in [-0.25, -0.2) is 4.98 Å². The second kappa shape index (κ2) is 10.5. The van der Waals surface area contributed by atoms with E-state index in [0.717, 1.165) is 28.3 Å². The topological polar surface area (TPSA) is 56.3 Å². The molecule has 0 fully saturated rings. The van der Waals surface area contributed by atoms with Crippen molar-refractivity contribution in [3.05, 3.63) is 69.7 Å². The first kappa shape index (κ1) is 25.6. The fourth-order valence-corrected chi connectivity index (χ4v) is 4.73. The molecular formula is C26H26F3NO3S. The molecule has 2 aromatic carbocycles. The molecule has 0 saturated carbocycles. The Morgan fingerprint density at radius 2 is 1.76 bits per heavy atom. The molecule has 3 rings (SSSR count). The number of rotatable bonds is 9. The van der Waals surface area contributed by atoms with E-state index < -0.39 is 11.7 Å². The van der Waals surface area contributed by atoms with Crippen molar-refractivity contribution in [1.29, 1.82) is 0 Å². The number of ether oxygens (including phenoxy) is 1. The first-order valence-electron chi connectivity index (χ1n) is 10.9. The first-order chi connectivity index (χ1) is 16.0. The van der Waals surface area contributed by atoms with Gasteiger partial charge < -0.3 is 4.74 Å². The molecule has 1 aromatic heterocycles. The van der Waals surface area contributed by atoms with E-state index >= 15 is 0 Å². The average Bonchev–Trinajstić information content (AvgIpc) is 3.20. The van der Waals surface area contributed by atoms with E-state index in [1.165, 1.54) is 30.4 Å². The highest BCUT2D eigenvalue weighted by atomic mass is 32.1. The highest BCUT2D eigenvalue weighted by molar-refractivity contribution is 7.15. The average molecular weight is 490 g/mol. The lowest BCUT2D eigenvalue weighted by atomic mass is 9.99. The summed E-state index contributed by atoms with van der Waals surface area (Å²) < 4.78 is 44.0. The molecule has 0 aliphatic carbocycles. The van der Waals surface area contributed by atoms with Crippen LogP contribution < -0.4 is 4.74 Å². The van der Waals surface area contributed by atoms with E-state index in [2.05, 4.69) is 4.98 Å². The van der Waals surface area contributed by atoms with Gasteiger partial charge in [0.15, 0.2) is 11.6 Å². The molecule has 4 nitrogen and oxygen atoms in total. The summed E-state index contributed by atoms with van der Waals surface area (Å²) in [4.78, 5) is 29.6. The third-order valence-electron chi connectivity index (χ3n) is 5.25. The van der Waals surface area contributed by atoms with Crippen molar-refractivity contribution in [2.24, 2.45) is 0 Å². The van der Waals surface area contributed by atoms with Gasteiger partial charge in [0.05, 0.1) is 11.3 Å². The number of thiazole rings is 1. The lowest BCUT2D eigenvalue weighted by Crippen LogP contribution is -2.08. The molecule has 34 heavy (non-hydrogen) atoms. The van der Waals surface area contributed by atoms with Crippen molar-refractivity contribution in [3.8, 4) is 16.3 Å². The van der Waals surface area contributed by atoms with E-state index in [0.29, 0.717) is 28.3 Å². The summed E-state index contributed by atoms with van der Waals surface area (Å²) >= 11 is 1.41. The highest BCUT2D eigenvalue weighted by Gasteiger charge is 2.30. The summed E-state index contributed by atoms with van der Waals surface area (Å²) in [5, 5.41) is 0.642. The van der Waals surface area contributed by atoms with Crippen LogP contribution >= 0.6 is 11.3 Å². The van der Waals surface area contributed by atoms with Crippen LogP contribution in [0.5, 0.6) is 5.75 Å². The number of alkyl halides is 3. The fraction of sp³-hybridized carbons (Fsp3) is 0.346. The maximum absolute atomic E-state index is 12.9. The molecule has 1 heterocycles. The summed E-state index contributed by atoms with van der Waals surface area (Å²) in [5.74, 6) is 0.549. The predicted molar refractivity (Wildman–Crippen MR) is 127 cm³/mol. The largest absolute Gasteiger partial charge is 0.486 e. The zero-order valence-electron chi connectivity index (χ0n) is 19.5. The minimum absolute atomic E-state index is 0.0165. The molecule has 0 spiro atoms. The molecular weight excluding hydrogens is 463 g/mol. The Kier molecular flexibility index (Phi) is 7.92. The van der Waals surface area contributed by atoms with E-state index in [1.54, 1.807) is 18.2 Å². The Hall–Kier alpha value is -3.00. The predicted octanol–water partition coefficient (Wildman–Crippen LogP) is 7.04. The van der Waals surface area contributed by atoms with Gasteiger partial charge in [0.1, 0.15) is 17.4 Å². The maximum atomic E-state index is 12.9. The van der Waals surface area contributed by atoms with Gasteiger partial charge in [0.25, 0.3) is 0 Å². The first-order valence-corrected chi connectivity index (χ1v) is 11.7. The van der Waals surface area contributed by atoms with Gasteiger partial charge in [-0.1, -0.05) is 26.0 Å². The minimum Gasteiger partial charge on any atom is -0.486 e. The Labute approximate surface area is 200 Å². The van der Waals surface area contributed by atoms with Crippen molar-refractivity contribution in [1.82, 2.24) is 4.98 Å². The van der Waals surface area contributed by atoms with Crippen molar-refractivity contribution in [3.63, 3.8) is 0 Å². The molecule has 0 saturated heterocycles. The van der Waals surface area contributed by atoms with Crippen LogP contribution in [0.4, 0.5) is 13.2 Å². The second-order valence-corrected chi connectivity index (χ2v) is 9.53. The van der Waals surface area contributed by atoms with Crippen LogP contribution in [0, 0.1) is 6.92 Å². The Morgan fingerprint density at radius 1 is 1.09 bits per heavy atom. The van der Waals surface area contributed by atoms with Gasteiger partial charge in [-0.05, 0) is 62.1 Å². The van der Waals surface area contributed by atoms with Gasteiger partial charge in [0.2, 0.25) is 0 Å². The SMILES string of the molecule is CC(=O)COc1ccc(C(=O)CCc2sc(-c3ccc(C(F)(F)F)cc3)nc2C(C)C)c(C)c1. The quantitative estimate of drug-likeness (QED) is 0.302. The maximum Gasteiger partial charge on any atom is 0.416 e. The van der Waals surface area contributed by atoms with Gasteiger partial charge in [-0.3, -0.25) is 9.59 Å². The zero-order valence-corrected chi connectivity index (χ0v) is 20.3. The summed E-state index contributed by atoms with van der Waals surface area (Å²) in [6.07, 6.45) is -3.61. The fourth-order valence-electron chi connectivity index (χ4n) is 3.50. The van der Waals surface area contributed by atoms with Gasteiger partial charge >= 0.3 is 6.18 Å². The smallest absolute Gasteiger partial charge is 0.416 e. The summed E-state index contributed by atoms with van der Waals surface area (Å²) in [7, 11) is 0. The van der Waals surface area contributed by atoms with E-state index in [-0.39, 0.29) is 30.5 Å². The number of nitrogens with zero attached hydrogens (tertiary/aromatic N) is 1. The van der Waals surface area contributed by atoms with Gasteiger partial charge in [0, 0.05) is 22.4 Å². The lowest BCUT2D eigenvalue weighted by Gasteiger charge is -2.09. The molecule has 0 bridgehead atoms. The molecule has 0 amide bonds.